The molecule has 0 aliphatic rings. The van der Waals surface area contributed by atoms with E-state index < -0.39 is 0 Å². The summed E-state index contributed by atoms with van der Waals surface area (Å²) in [5.74, 6) is 1.13. The van der Waals surface area contributed by atoms with Crippen LogP contribution in [0.15, 0.2) is 57.6 Å². The molecule has 0 N–H and O–H groups in total. The third-order valence-corrected chi connectivity index (χ3v) is 4.31. The monoisotopic (exact) mass is 399 g/mol. The second kappa shape index (κ2) is 7.15. The first kappa shape index (κ1) is 17.3. The van der Waals surface area contributed by atoms with Gasteiger partial charge in [-0.25, -0.2) is 0 Å². The Morgan fingerprint density at radius 3 is 2.52 bits per heavy atom. The normalized spacial score (nSPS) is 11.2. The number of fused-ring (bicyclic) bond motifs is 1. The predicted molar refractivity (Wildman–Crippen MR) is 103 cm³/mol. The number of methoxy groups -OCH3 is 1. The average molecular weight is 400 g/mol. The molecule has 4 nitrogen and oxygen atoms in total. The number of nitrogens with zero attached hydrogens (tertiary/aromatic N) is 1. The molecule has 2 aromatic carbocycles. The minimum Gasteiger partial charge on any atom is -0.497 e. The number of halogens is 1. The van der Waals surface area contributed by atoms with Gasteiger partial charge in [-0.15, -0.1) is 0 Å². The van der Waals surface area contributed by atoms with Gasteiger partial charge in [-0.3, -0.25) is 4.79 Å². The summed E-state index contributed by atoms with van der Waals surface area (Å²) >= 11 is 3.39. The van der Waals surface area contributed by atoms with E-state index in [1.165, 1.54) is 0 Å². The van der Waals surface area contributed by atoms with Crippen LogP contribution in [0.25, 0.3) is 17.0 Å². The highest BCUT2D eigenvalue weighted by Gasteiger charge is 2.21. The van der Waals surface area contributed by atoms with Crippen LogP contribution in [0, 0.1) is 0 Å². The Balaban J connectivity index is 2.19. The van der Waals surface area contributed by atoms with Crippen molar-refractivity contribution in [1.82, 2.24) is 4.90 Å². The second-order valence-corrected chi connectivity index (χ2v) is 6.73. The van der Waals surface area contributed by atoms with Gasteiger partial charge in [-0.1, -0.05) is 15.9 Å². The van der Waals surface area contributed by atoms with Crippen molar-refractivity contribution in [2.45, 2.75) is 0 Å². The summed E-state index contributed by atoms with van der Waals surface area (Å²) in [5.41, 5.74) is 1.79. The summed E-state index contributed by atoms with van der Waals surface area (Å²) in [5, 5.41) is 0.741. The maximum absolute atomic E-state index is 13.1. The van der Waals surface area contributed by atoms with Crippen LogP contribution in [0.4, 0.5) is 0 Å². The van der Waals surface area contributed by atoms with Crippen molar-refractivity contribution in [2.24, 2.45) is 0 Å². The van der Waals surface area contributed by atoms with E-state index in [2.05, 4.69) is 15.9 Å². The van der Waals surface area contributed by atoms with E-state index in [4.69, 9.17) is 9.15 Å². The molecule has 0 atom stereocenters. The van der Waals surface area contributed by atoms with E-state index in [-0.39, 0.29) is 5.78 Å². The highest BCUT2D eigenvalue weighted by atomic mass is 79.9. The van der Waals surface area contributed by atoms with Crippen LogP contribution < -0.4 is 4.74 Å². The molecule has 0 saturated heterocycles. The molecule has 1 aromatic heterocycles. The van der Waals surface area contributed by atoms with Crippen molar-refractivity contribution in [1.29, 1.82) is 0 Å². The number of hydrogen-bond donors (Lipinski definition) is 0. The van der Waals surface area contributed by atoms with E-state index in [0.717, 1.165) is 9.86 Å². The molecule has 3 aromatic rings. The average Bonchev–Trinajstić information content (AvgIpc) is 2.97. The van der Waals surface area contributed by atoms with Gasteiger partial charge < -0.3 is 14.1 Å². The van der Waals surface area contributed by atoms with Gasteiger partial charge >= 0.3 is 0 Å². The third kappa shape index (κ3) is 3.61. The zero-order valence-corrected chi connectivity index (χ0v) is 15.8. The lowest BCUT2D eigenvalue weighted by Gasteiger charge is -2.04. The Kier molecular flexibility index (Phi) is 4.95. The van der Waals surface area contributed by atoms with Gasteiger partial charge in [0.05, 0.1) is 12.7 Å². The molecule has 0 saturated carbocycles. The number of ether oxygens (including phenoxy) is 1. The van der Waals surface area contributed by atoms with Crippen molar-refractivity contribution in [3.63, 3.8) is 0 Å². The number of carbonyl (C=O) groups excluding carboxylic acids is 1. The van der Waals surface area contributed by atoms with Crippen molar-refractivity contribution < 1.29 is 13.9 Å². The van der Waals surface area contributed by atoms with Gasteiger partial charge in [0.2, 0.25) is 0 Å². The van der Waals surface area contributed by atoms with Crippen LogP contribution in [0.3, 0.4) is 0 Å². The van der Waals surface area contributed by atoms with E-state index >= 15 is 0 Å². The highest BCUT2D eigenvalue weighted by molar-refractivity contribution is 9.10. The smallest absolute Gasteiger partial charge is 0.197 e. The number of carbonyl (C=O) groups is 1. The summed E-state index contributed by atoms with van der Waals surface area (Å²) in [6.07, 6.45) is 3.66. The molecule has 0 amide bonds. The van der Waals surface area contributed by atoms with Crippen molar-refractivity contribution in [2.75, 3.05) is 21.2 Å². The summed E-state index contributed by atoms with van der Waals surface area (Å²) < 4.78 is 12.1. The molecule has 128 valence electrons. The SMILES string of the molecule is COc1ccc2oc(/C=C\N(C)C)c(C(=O)c3ccc(Br)cc3)c2c1. The fourth-order valence-electron chi connectivity index (χ4n) is 2.54. The molecule has 0 aliphatic carbocycles. The van der Waals surface area contributed by atoms with Crippen LogP contribution in [0.1, 0.15) is 21.7 Å². The lowest BCUT2D eigenvalue weighted by Crippen LogP contribution is -2.03. The molecule has 0 bridgehead atoms. The van der Waals surface area contributed by atoms with Crippen LogP contribution in [0.2, 0.25) is 0 Å². The molecule has 0 radical (unpaired) electrons. The highest BCUT2D eigenvalue weighted by Crippen LogP contribution is 2.32. The Bertz CT molecular complexity index is 939. The number of hydrogen-bond acceptors (Lipinski definition) is 4. The first-order valence-corrected chi connectivity index (χ1v) is 8.54. The van der Waals surface area contributed by atoms with Crippen molar-refractivity contribution in [3.05, 3.63) is 70.0 Å². The van der Waals surface area contributed by atoms with E-state index in [1.807, 2.05) is 55.5 Å². The van der Waals surface area contributed by atoms with E-state index in [1.54, 1.807) is 25.3 Å². The summed E-state index contributed by atoms with van der Waals surface area (Å²) in [4.78, 5) is 15.0. The van der Waals surface area contributed by atoms with E-state index in [0.29, 0.717) is 28.2 Å². The molecule has 3 rings (SSSR count). The minimum atomic E-state index is -0.0853. The number of benzene rings is 2. The summed E-state index contributed by atoms with van der Waals surface area (Å²) in [7, 11) is 5.43. The topological polar surface area (TPSA) is 42.7 Å². The van der Waals surface area contributed by atoms with E-state index in [9.17, 15) is 4.79 Å². The summed E-state index contributed by atoms with van der Waals surface area (Å²) in [6, 6.07) is 12.8. The first-order valence-electron chi connectivity index (χ1n) is 7.75. The maximum Gasteiger partial charge on any atom is 0.197 e. The quantitative estimate of drug-likeness (QED) is 0.568. The Labute approximate surface area is 154 Å². The molecule has 0 aliphatic heterocycles. The zero-order chi connectivity index (χ0) is 18.0. The van der Waals surface area contributed by atoms with Crippen LogP contribution >= 0.6 is 15.9 Å². The summed E-state index contributed by atoms with van der Waals surface area (Å²) in [6.45, 7) is 0. The molecule has 0 spiro atoms. The zero-order valence-electron chi connectivity index (χ0n) is 14.2. The number of ketones is 1. The third-order valence-electron chi connectivity index (χ3n) is 3.78. The van der Waals surface area contributed by atoms with Gasteiger partial charge in [-0.2, -0.15) is 0 Å². The Hall–Kier alpha value is -2.53. The minimum absolute atomic E-state index is 0.0853. The van der Waals surface area contributed by atoms with Crippen LogP contribution in [0.5, 0.6) is 5.75 Å². The van der Waals surface area contributed by atoms with Crippen LogP contribution in [-0.2, 0) is 0 Å². The fourth-order valence-corrected chi connectivity index (χ4v) is 2.80. The van der Waals surface area contributed by atoms with Gasteiger partial charge in [0.25, 0.3) is 0 Å². The molecule has 5 heteroatoms. The fraction of sp³-hybridized carbons (Fsp3) is 0.150. The molecule has 0 fully saturated rings. The van der Waals surface area contributed by atoms with Gasteiger partial charge in [-0.05, 0) is 48.5 Å². The van der Waals surface area contributed by atoms with Gasteiger partial charge in [0.15, 0.2) is 5.78 Å². The lowest BCUT2D eigenvalue weighted by molar-refractivity contribution is 0.103. The van der Waals surface area contributed by atoms with Crippen molar-refractivity contribution in [3.8, 4) is 5.75 Å². The Morgan fingerprint density at radius 1 is 1.16 bits per heavy atom. The molecule has 25 heavy (non-hydrogen) atoms. The maximum atomic E-state index is 13.1. The lowest BCUT2D eigenvalue weighted by atomic mass is 10.00. The standard InChI is InChI=1S/C20H18BrNO3/c1-22(2)11-10-18-19(20(23)13-4-6-14(21)7-5-13)16-12-15(24-3)8-9-17(16)25-18/h4-12H,1-3H3/b11-10-. The molecular weight excluding hydrogens is 382 g/mol. The number of rotatable bonds is 5. The van der Waals surface area contributed by atoms with Gasteiger partial charge in [0.1, 0.15) is 17.1 Å². The predicted octanol–water partition coefficient (Wildman–Crippen LogP) is 4.97. The molecular formula is C20H18BrNO3. The molecule has 0 unspecified atom stereocenters. The van der Waals surface area contributed by atoms with Crippen LogP contribution in [-0.4, -0.2) is 31.9 Å². The number of furan rings is 1. The second-order valence-electron chi connectivity index (χ2n) is 5.82. The largest absolute Gasteiger partial charge is 0.497 e. The van der Waals surface area contributed by atoms with Gasteiger partial charge in [0, 0.05) is 35.7 Å². The molecule has 1 heterocycles. The van der Waals surface area contributed by atoms with Crippen molar-refractivity contribution >= 4 is 38.8 Å². The Morgan fingerprint density at radius 2 is 1.88 bits per heavy atom. The first-order chi connectivity index (χ1) is 12.0.